The zero-order valence-corrected chi connectivity index (χ0v) is 15.0. The van der Waals surface area contributed by atoms with Crippen LogP contribution < -0.4 is 16.0 Å². The molecule has 0 fully saturated rings. The summed E-state index contributed by atoms with van der Waals surface area (Å²) in [6, 6.07) is 9.24. The second-order valence-electron chi connectivity index (χ2n) is 5.18. The van der Waals surface area contributed by atoms with Gasteiger partial charge in [-0.25, -0.2) is 4.79 Å². The van der Waals surface area contributed by atoms with Gasteiger partial charge >= 0.3 is 6.03 Å². The maximum Gasteiger partial charge on any atom is 0.321 e. The van der Waals surface area contributed by atoms with E-state index in [9.17, 15) is 9.59 Å². The Morgan fingerprint density at radius 1 is 1.21 bits per heavy atom. The van der Waals surface area contributed by atoms with E-state index in [0.29, 0.717) is 16.0 Å². The third-order valence-electron chi connectivity index (χ3n) is 2.69. The lowest BCUT2D eigenvalue weighted by atomic mass is 10.2. The Bertz CT molecular complexity index is 676. The van der Waals surface area contributed by atoms with E-state index < -0.39 is 6.03 Å². The average molecular weight is 365 g/mol. The van der Waals surface area contributed by atoms with Gasteiger partial charge in [0.2, 0.25) is 11.0 Å². The number of nitrogens with zero attached hydrogens (tertiary/aromatic N) is 2. The van der Waals surface area contributed by atoms with Crippen LogP contribution in [0.25, 0.3) is 0 Å². The highest BCUT2D eigenvalue weighted by Gasteiger charge is 2.11. The minimum atomic E-state index is -0.510. The molecule has 7 nitrogen and oxygen atoms in total. The Morgan fingerprint density at radius 3 is 2.67 bits per heavy atom. The molecule has 0 spiro atoms. The van der Waals surface area contributed by atoms with Crippen molar-refractivity contribution in [3.63, 3.8) is 0 Å². The fraction of sp³-hybridized carbons (Fsp3) is 0.333. The Labute approximate surface area is 148 Å². The van der Waals surface area contributed by atoms with Gasteiger partial charge in [-0.05, 0) is 19.4 Å². The largest absolute Gasteiger partial charge is 0.358 e. The number of aromatic nitrogens is 2. The molecule has 0 aliphatic carbocycles. The normalized spacial score (nSPS) is 10.5. The van der Waals surface area contributed by atoms with Crippen LogP contribution in [0.5, 0.6) is 0 Å². The Morgan fingerprint density at radius 2 is 1.96 bits per heavy atom. The lowest BCUT2D eigenvalue weighted by Gasteiger charge is -2.06. The van der Waals surface area contributed by atoms with Gasteiger partial charge in [-0.3, -0.25) is 10.1 Å². The van der Waals surface area contributed by atoms with Crippen molar-refractivity contribution in [3.8, 4) is 0 Å². The van der Waals surface area contributed by atoms with Gasteiger partial charge < -0.3 is 10.6 Å². The second-order valence-corrected chi connectivity index (χ2v) is 7.38. The number of urea groups is 1. The van der Waals surface area contributed by atoms with Gasteiger partial charge in [0.25, 0.3) is 0 Å². The third kappa shape index (κ3) is 6.55. The molecule has 3 amide bonds. The monoisotopic (exact) mass is 365 g/mol. The lowest BCUT2D eigenvalue weighted by molar-refractivity contribution is -0.117. The third-order valence-corrected chi connectivity index (χ3v) is 4.68. The van der Waals surface area contributed by atoms with Crippen molar-refractivity contribution >= 4 is 40.2 Å². The van der Waals surface area contributed by atoms with E-state index in [1.54, 1.807) is 0 Å². The quantitative estimate of drug-likeness (QED) is 0.653. The molecule has 1 heterocycles. The first kappa shape index (κ1) is 18.2. The van der Waals surface area contributed by atoms with Crippen molar-refractivity contribution in [3.05, 3.63) is 35.9 Å². The number of imide groups is 1. The Kier molecular flexibility index (Phi) is 7.01. The molecule has 2 aromatic rings. The van der Waals surface area contributed by atoms with E-state index >= 15 is 0 Å². The van der Waals surface area contributed by atoms with Crippen molar-refractivity contribution in [1.29, 1.82) is 0 Å². The topological polar surface area (TPSA) is 96.0 Å². The number of amides is 3. The molecule has 1 aromatic heterocycles. The predicted octanol–water partition coefficient (Wildman–Crippen LogP) is 2.48. The number of thioether (sulfide) groups is 1. The fourth-order valence-corrected chi connectivity index (χ4v) is 3.38. The van der Waals surface area contributed by atoms with Crippen LogP contribution in [0, 0.1) is 0 Å². The van der Waals surface area contributed by atoms with Crippen LogP contribution in [0.2, 0.25) is 0 Å². The Hall–Kier alpha value is -2.13. The number of hydrogen-bond acceptors (Lipinski definition) is 7. The number of anilines is 1. The number of nitrogens with one attached hydrogen (secondary N) is 3. The summed E-state index contributed by atoms with van der Waals surface area (Å²) in [4.78, 5) is 23.4. The van der Waals surface area contributed by atoms with Gasteiger partial charge in [0.15, 0.2) is 4.34 Å². The van der Waals surface area contributed by atoms with Crippen LogP contribution in [0.1, 0.15) is 19.4 Å². The first-order valence-corrected chi connectivity index (χ1v) is 9.17. The molecule has 0 unspecified atom stereocenters. The number of carbonyl (C=O) groups excluding carboxylic acids is 2. The average Bonchev–Trinajstić information content (AvgIpc) is 2.99. The van der Waals surface area contributed by atoms with E-state index in [4.69, 9.17) is 0 Å². The molecule has 0 radical (unpaired) electrons. The zero-order chi connectivity index (χ0) is 17.4. The summed E-state index contributed by atoms with van der Waals surface area (Å²) in [6.07, 6.45) is 0. The Balaban J connectivity index is 1.69. The fourth-order valence-electron chi connectivity index (χ4n) is 1.69. The van der Waals surface area contributed by atoms with E-state index in [1.165, 1.54) is 23.1 Å². The summed E-state index contributed by atoms with van der Waals surface area (Å²) >= 11 is 2.62. The highest BCUT2D eigenvalue weighted by molar-refractivity contribution is 8.01. The number of rotatable bonds is 7. The lowest BCUT2D eigenvalue weighted by Crippen LogP contribution is -2.39. The van der Waals surface area contributed by atoms with Crippen molar-refractivity contribution in [2.75, 3.05) is 11.1 Å². The molecule has 0 aliphatic heterocycles. The molecule has 0 aliphatic rings. The van der Waals surface area contributed by atoms with Crippen molar-refractivity contribution in [1.82, 2.24) is 20.8 Å². The van der Waals surface area contributed by atoms with Crippen LogP contribution in [-0.4, -0.2) is 33.9 Å². The first-order chi connectivity index (χ1) is 11.5. The summed E-state index contributed by atoms with van der Waals surface area (Å²) < 4.78 is 0.679. The minimum Gasteiger partial charge on any atom is -0.358 e. The van der Waals surface area contributed by atoms with Gasteiger partial charge in [-0.2, -0.15) is 0 Å². The molecular weight excluding hydrogens is 346 g/mol. The molecular formula is C15H19N5O2S2. The van der Waals surface area contributed by atoms with Crippen LogP contribution >= 0.6 is 23.1 Å². The SMILES string of the molecule is CC(C)Nc1nnc(SCC(=O)NC(=O)NCc2ccccc2)s1. The summed E-state index contributed by atoms with van der Waals surface area (Å²) in [5.74, 6) is -0.270. The number of hydrogen-bond donors (Lipinski definition) is 3. The summed E-state index contributed by atoms with van der Waals surface area (Å²) in [6.45, 7) is 4.39. The van der Waals surface area contributed by atoms with Gasteiger partial charge in [0.1, 0.15) is 0 Å². The van der Waals surface area contributed by atoms with Crippen LogP contribution in [0.15, 0.2) is 34.7 Å². The van der Waals surface area contributed by atoms with Gasteiger partial charge in [0, 0.05) is 12.6 Å². The zero-order valence-electron chi connectivity index (χ0n) is 13.4. The number of benzene rings is 1. The van der Waals surface area contributed by atoms with Gasteiger partial charge in [-0.15, -0.1) is 10.2 Å². The van der Waals surface area contributed by atoms with E-state index in [0.717, 1.165) is 5.56 Å². The van der Waals surface area contributed by atoms with Crippen molar-refractivity contribution in [2.24, 2.45) is 0 Å². The highest BCUT2D eigenvalue weighted by Crippen LogP contribution is 2.25. The minimum absolute atomic E-state index is 0.106. The standard InChI is InChI=1S/C15H19N5O2S2/c1-10(2)17-14-19-20-15(24-14)23-9-12(21)18-13(22)16-8-11-6-4-3-5-7-11/h3-7,10H,8-9H2,1-2H3,(H,17,19)(H2,16,18,21,22). The predicted molar refractivity (Wildman–Crippen MR) is 96.2 cm³/mol. The van der Waals surface area contributed by atoms with Gasteiger partial charge in [0.05, 0.1) is 5.75 Å². The highest BCUT2D eigenvalue weighted by atomic mass is 32.2. The van der Waals surface area contributed by atoms with Crippen molar-refractivity contribution in [2.45, 2.75) is 30.8 Å². The van der Waals surface area contributed by atoms with Crippen LogP contribution in [0.4, 0.5) is 9.93 Å². The summed E-state index contributed by atoms with van der Waals surface area (Å²) in [5.41, 5.74) is 0.966. The molecule has 24 heavy (non-hydrogen) atoms. The molecule has 3 N–H and O–H groups in total. The first-order valence-electron chi connectivity index (χ1n) is 7.37. The molecule has 0 saturated carbocycles. The molecule has 1 aromatic carbocycles. The maximum atomic E-state index is 11.8. The van der Waals surface area contributed by atoms with Crippen molar-refractivity contribution < 1.29 is 9.59 Å². The molecule has 2 rings (SSSR count). The molecule has 0 bridgehead atoms. The second kappa shape index (κ2) is 9.24. The summed E-state index contributed by atoms with van der Waals surface area (Å²) in [5, 5.41) is 16.8. The van der Waals surface area contributed by atoms with Crippen LogP contribution in [-0.2, 0) is 11.3 Å². The van der Waals surface area contributed by atoms with Crippen LogP contribution in [0.3, 0.4) is 0 Å². The molecule has 0 saturated heterocycles. The van der Waals surface area contributed by atoms with E-state index in [2.05, 4.69) is 26.1 Å². The summed E-state index contributed by atoms with van der Waals surface area (Å²) in [7, 11) is 0. The molecule has 128 valence electrons. The number of carbonyl (C=O) groups is 2. The molecule has 0 atom stereocenters. The van der Waals surface area contributed by atoms with Gasteiger partial charge in [-0.1, -0.05) is 53.4 Å². The van der Waals surface area contributed by atoms with E-state index in [1.807, 2.05) is 44.2 Å². The molecule has 9 heteroatoms. The maximum absolute atomic E-state index is 11.8. The van der Waals surface area contributed by atoms with E-state index in [-0.39, 0.29) is 17.7 Å². The smallest absolute Gasteiger partial charge is 0.321 e.